The van der Waals surface area contributed by atoms with Gasteiger partial charge in [-0.15, -0.1) is 0 Å². The van der Waals surface area contributed by atoms with Gasteiger partial charge in [-0.05, 0) is 86.9 Å². The Morgan fingerprint density at radius 2 is 1.85 bits per heavy atom. The van der Waals surface area contributed by atoms with Gasteiger partial charge in [-0.1, -0.05) is 12.1 Å². The van der Waals surface area contributed by atoms with E-state index < -0.39 is 28.7 Å². The Morgan fingerprint density at radius 1 is 1.15 bits per heavy atom. The molecule has 2 aliphatic carbocycles. The van der Waals surface area contributed by atoms with E-state index in [1.165, 1.54) is 16.8 Å². The average Bonchev–Trinajstić information content (AvgIpc) is 3.18. The summed E-state index contributed by atoms with van der Waals surface area (Å²) in [5.41, 5.74) is 1.18. The van der Waals surface area contributed by atoms with Gasteiger partial charge in [0.1, 0.15) is 11.5 Å². The number of hydrazine groups is 1. The van der Waals surface area contributed by atoms with Crippen molar-refractivity contribution in [2.75, 3.05) is 19.0 Å². The summed E-state index contributed by atoms with van der Waals surface area (Å²) in [5.74, 6) is -0.310. The highest BCUT2D eigenvalue weighted by atomic mass is 19.4. The molecule has 0 radical (unpaired) electrons. The monoisotopic (exact) mass is 545 g/mol. The number of fused-ring (bicyclic) bond motifs is 1. The van der Waals surface area contributed by atoms with Crippen LogP contribution in [-0.4, -0.2) is 42.1 Å². The third kappa shape index (κ3) is 4.82. The lowest BCUT2D eigenvalue weighted by Gasteiger charge is -2.52. The van der Waals surface area contributed by atoms with Crippen molar-refractivity contribution >= 4 is 17.4 Å². The SMILES string of the molecule is CNN(C)C(=N)C1(c2cccc(N3Cc4c(cc(CNC5(C)CCC5)cc4C(F)(F)F)C3=O)c2)CC(C)(F)C1. The number of likely N-dealkylation sites (N-methyl/N-ethyl adjacent to an activating group) is 1. The predicted octanol–water partition coefficient (Wildman–Crippen LogP) is 5.70. The molecule has 2 fully saturated rings. The second-order valence-electron chi connectivity index (χ2n) is 11.9. The fourth-order valence-corrected chi connectivity index (χ4v) is 6.35. The van der Waals surface area contributed by atoms with E-state index in [1.54, 1.807) is 44.4 Å². The molecule has 2 aromatic carbocycles. The van der Waals surface area contributed by atoms with Crippen LogP contribution in [0.5, 0.6) is 0 Å². The van der Waals surface area contributed by atoms with E-state index in [-0.39, 0.29) is 48.4 Å². The molecule has 0 atom stereocenters. The summed E-state index contributed by atoms with van der Waals surface area (Å²) in [6, 6.07) is 9.61. The Bertz CT molecular complexity index is 1310. The van der Waals surface area contributed by atoms with Gasteiger partial charge in [0.25, 0.3) is 5.91 Å². The number of anilines is 1. The van der Waals surface area contributed by atoms with Crippen LogP contribution in [0.4, 0.5) is 23.2 Å². The zero-order valence-corrected chi connectivity index (χ0v) is 22.7. The smallest absolute Gasteiger partial charge is 0.307 e. The number of hydrogen-bond donors (Lipinski definition) is 3. The van der Waals surface area contributed by atoms with E-state index in [9.17, 15) is 22.4 Å². The number of amides is 1. The van der Waals surface area contributed by atoms with Crippen LogP contribution in [-0.2, 0) is 24.7 Å². The van der Waals surface area contributed by atoms with Gasteiger partial charge >= 0.3 is 6.18 Å². The molecule has 39 heavy (non-hydrogen) atoms. The average molecular weight is 546 g/mol. The molecule has 10 heteroatoms. The van der Waals surface area contributed by atoms with Crippen LogP contribution in [0.2, 0.25) is 0 Å². The number of carbonyl (C=O) groups is 1. The minimum atomic E-state index is -4.60. The number of benzene rings is 2. The first-order chi connectivity index (χ1) is 18.2. The van der Waals surface area contributed by atoms with Gasteiger partial charge in [0.15, 0.2) is 0 Å². The van der Waals surface area contributed by atoms with Crippen LogP contribution in [0.1, 0.15) is 78.6 Å². The summed E-state index contributed by atoms with van der Waals surface area (Å²) in [6.07, 6.45) is -1.39. The zero-order chi connectivity index (χ0) is 28.4. The molecule has 2 aromatic rings. The van der Waals surface area contributed by atoms with Gasteiger partial charge in [0, 0.05) is 37.4 Å². The largest absolute Gasteiger partial charge is 0.416 e. The fraction of sp³-hybridized carbons (Fsp3) is 0.517. The van der Waals surface area contributed by atoms with Crippen molar-refractivity contribution in [2.45, 2.75) is 81.8 Å². The Hall–Kier alpha value is -2.98. The van der Waals surface area contributed by atoms with Gasteiger partial charge < -0.3 is 10.2 Å². The van der Waals surface area contributed by atoms with Crippen LogP contribution >= 0.6 is 0 Å². The molecule has 5 rings (SSSR count). The Balaban J connectivity index is 1.48. The molecule has 3 N–H and O–H groups in total. The van der Waals surface area contributed by atoms with Crippen molar-refractivity contribution in [3.63, 3.8) is 0 Å². The van der Waals surface area contributed by atoms with E-state index in [4.69, 9.17) is 5.41 Å². The number of halogens is 4. The number of amidine groups is 1. The molecule has 1 heterocycles. The lowest BCUT2D eigenvalue weighted by Crippen LogP contribution is -2.60. The second-order valence-corrected chi connectivity index (χ2v) is 11.9. The van der Waals surface area contributed by atoms with Crippen LogP contribution in [0.25, 0.3) is 0 Å². The van der Waals surface area contributed by atoms with Crippen molar-refractivity contribution in [2.24, 2.45) is 0 Å². The van der Waals surface area contributed by atoms with E-state index >= 15 is 0 Å². The van der Waals surface area contributed by atoms with Gasteiger partial charge in [-0.2, -0.15) is 13.2 Å². The molecular formula is C29H35F4N5O. The number of nitrogens with one attached hydrogen (secondary N) is 3. The van der Waals surface area contributed by atoms with Crippen molar-refractivity contribution in [1.29, 1.82) is 5.41 Å². The van der Waals surface area contributed by atoms with Gasteiger partial charge in [0.2, 0.25) is 0 Å². The van der Waals surface area contributed by atoms with E-state index in [0.717, 1.165) is 25.3 Å². The van der Waals surface area contributed by atoms with Crippen molar-refractivity contribution < 1.29 is 22.4 Å². The molecule has 3 aliphatic rings. The molecule has 0 saturated heterocycles. The van der Waals surface area contributed by atoms with Crippen LogP contribution in [0.3, 0.4) is 0 Å². The standard InChI is InChI=1S/C29H35F4N5O/c1-26(30)16-28(17-26,25(34)37(4)35-3)19-7-5-8-20(13-19)38-15-22-21(24(38)39)11-18(12-23(22)29(31,32)33)14-36-27(2)9-6-10-27/h5,7-8,11-13,34-36H,6,9-10,14-17H2,1-4H3. The molecule has 0 unspecified atom stereocenters. The van der Waals surface area contributed by atoms with Crippen molar-refractivity contribution in [3.05, 3.63) is 64.2 Å². The lowest BCUT2D eigenvalue weighted by atomic mass is 9.56. The third-order valence-corrected chi connectivity index (χ3v) is 8.76. The van der Waals surface area contributed by atoms with Crippen LogP contribution in [0, 0.1) is 5.41 Å². The fourth-order valence-electron chi connectivity index (χ4n) is 6.35. The summed E-state index contributed by atoms with van der Waals surface area (Å²) in [6.45, 7) is 3.60. The Kier molecular flexibility index (Phi) is 6.58. The highest BCUT2D eigenvalue weighted by molar-refractivity contribution is 6.10. The first-order valence-electron chi connectivity index (χ1n) is 13.3. The van der Waals surface area contributed by atoms with E-state index in [1.807, 2.05) is 0 Å². The Morgan fingerprint density at radius 3 is 2.41 bits per heavy atom. The molecular weight excluding hydrogens is 510 g/mol. The molecule has 1 aliphatic heterocycles. The molecule has 6 nitrogen and oxygen atoms in total. The van der Waals surface area contributed by atoms with Crippen LogP contribution in [0.15, 0.2) is 36.4 Å². The van der Waals surface area contributed by atoms with Gasteiger partial charge in [-0.3, -0.25) is 15.2 Å². The molecule has 1 amide bonds. The number of alkyl halides is 4. The predicted molar refractivity (Wildman–Crippen MR) is 142 cm³/mol. The summed E-state index contributed by atoms with van der Waals surface area (Å²) in [5, 5.41) is 13.6. The molecule has 2 saturated carbocycles. The zero-order valence-electron chi connectivity index (χ0n) is 22.7. The highest BCUT2D eigenvalue weighted by Gasteiger charge is 2.57. The van der Waals surface area contributed by atoms with E-state index in [2.05, 4.69) is 17.7 Å². The number of rotatable bonds is 7. The second kappa shape index (κ2) is 9.30. The van der Waals surface area contributed by atoms with E-state index in [0.29, 0.717) is 16.8 Å². The van der Waals surface area contributed by atoms with Crippen molar-refractivity contribution in [3.8, 4) is 0 Å². The summed E-state index contributed by atoms with van der Waals surface area (Å²) in [7, 11) is 3.35. The maximum Gasteiger partial charge on any atom is 0.416 e. The maximum atomic E-state index is 14.8. The summed E-state index contributed by atoms with van der Waals surface area (Å²) in [4.78, 5) is 14.9. The normalized spacial score (nSPS) is 25.6. The topological polar surface area (TPSA) is 71.5 Å². The minimum Gasteiger partial charge on any atom is -0.307 e. The molecule has 210 valence electrons. The number of nitrogens with zero attached hydrogens (tertiary/aromatic N) is 2. The van der Waals surface area contributed by atoms with Gasteiger partial charge in [-0.25, -0.2) is 9.82 Å². The van der Waals surface area contributed by atoms with Gasteiger partial charge in [0.05, 0.1) is 17.5 Å². The molecule has 0 aromatic heterocycles. The van der Waals surface area contributed by atoms with Crippen LogP contribution < -0.4 is 15.6 Å². The first-order valence-corrected chi connectivity index (χ1v) is 13.3. The first kappa shape index (κ1) is 27.6. The molecule has 0 bridgehead atoms. The maximum absolute atomic E-state index is 14.8. The quantitative estimate of drug-likeness (QED) is 0.181. The highest BCUT2D eigenvalue weighted by Crippen LogP contribution is 2.54. The third-order valence-electron chi connectivity index (χ3n) is 8.76. The number of hydrogen-bond acceptors (Lipinski definition) is 4. The minimum absolute atomic E-state index is 0.0335. The lowest BCUT2D eigenvalue weighted by molar-refractivity contribution is -0.138. The van der Waals surface area contributed by atoms with Crippen molar-refractivity contribution in [1.82, 2.24) is 15.8 Å². The molecule has 0 spiro atoms. The summed E-state index contributed by atoms with van der Waals surface area (Å²) < 4.78 is 57.3. The Labute approximate surface area is 226 Å². The number of carbonyl (C=O) groups excluding carboxylic acids is 1. The summed E-state index contributed by atoms with van der Waals surface area (Å²) >= 11 is 0.